The standard InChI is InChI=1S/C29H27ClN2O5/c1-19-25(28(33)34)26(21-10-7-11-22(30)16-21)27(29(35)37-17-20-8-3-2-4-9-20)24(32-19)18-36-15-13-23-12-5-6-14-31-23/h2-12,14,16,26,32H,13,15,17-18H2,1H3,(H,33,34). The monoisotopic (exact) mass is 518 g/mol. The Morgan fingerprint density at radius 1 is 1.00 bits per heavy atom. The van der Waals surface area contributed by atoms with E-state index in [0.29, 0.717) is 35.0 Å². The fraction of sp³-hybridized carbons (Fsp3) is 0.207. The largest absolute Gasteiger partial charge is 0.478 e. The maximum absolute atomic E-state index is 13.5. The molecule has 1 unspecified atom stereocenters. The predicted molar refractivity (Wildman–Crippen MR) is 140 cm³/mol. The van der Waals surface area contributed by atoms with Crippen LogP contribution in [-0.4, -0.2) is 35.2 Å². The molecule has 0 amide bonds. The van der Waals surface area contributed by atoms with Crippen LogP contribution in [0, 0.1) is 0 Å². The first-order chi connectivity index (χ1) is 17.9. The number of carbonyl (C=O) groups excluding carboxylic acids is 1. The summed E-state index contributed by atoms with van der Waals surface area (Å²) in [4.78, 5) is 30.2. The quantitative estimate of drug-likeness (QED) is 0.287. The fourth-order valence-corrected chi connectivity index (χ4v) is 4.45. The van der Waals surface area contributed by atoms with E-state index in [-0.39, 0.29) is 24.4 Å². The number of pyridine rings is 1. The Hall–Kier alpha value is -3.94. The molecule has 0 radical (unpaired) electrons. The first-order valence-corrected chi connectivity index (χ1v) is 12.2. The van der Waals surface area contributed by atoms with Gasteiger partial charge in [0.2, 0.25) is 0 Å². The summed E-state index contributed by atoms with van der Waals surface area (Å²) in [6.45, 7) is 2.14. The summed E-state index contributed by atoms with van der Waals surface area (Å²) in [5.41, 5.74) is 3.37. The van der Waals surface area contributed by atoms with E-state index in [2.05, 4.69) is 10.3 Å². The van der Waals surface area contributed by atoms with Crippen molar-refractivity contribution in [2.24, 2.45) is 0 Å². The van der Waals surface area contributed by atoms with Crippen molar-refractivity contribution in [2.75, 3.05) is 13.2 Å². The first-order valence-electron chi connectivity index (χ1n) is 11.8. The summed E-state index contributed by atoms with van der Waals surface area (Å²) in [5, 5.41) is 13.6. The van der Waals surface area contributed by atoms with Gasteiger partial charge in [-0.3, -0.25) is 4.98 Å². The van der Waals surface area contributed by atoms with Gasteiger partial charge in [-0.2, -0.15) is 0 Å². The number of hydrogen-bond acceptors (Lipinski definition) is 6. The molecular weight excluding hydrogens is 492 g/mol. The fourth-order valence-electron chi connectivity index (χ4n) is 4.25. The zero-order valence-electron chi connectivity index (χ0n) is 20.3. The molecule has 37 heavy (non-hydrogen) atoms. The molecule has 1 aliphatic heterocycles. The number of dihydropyridines is 1. The molecule has 2 N–H and O–H groups in total. The highest BCUT2D eigenvalue weighted by Crippen LogP contribution is 2.39. The van der Waals surface area contributed by atoms with E-state index in [9.17, 15) is 14.7 Å². The lowest BCUT2D eigenvalue weighted by atomic mass is 9.80. The summed E-state index contributed by atoms with van der Waals surface area (Å²) in [5.74, 6) is -2.66. The van der Waals surface area contributed by atoms with Crippen LogP contribution in [0.2, 0.25) is 5.02 Å². The third-order valence-electron chi connectivity index (χ3n) is 5.97. The second-order valence-corrected chi connectivity index (χ2v) is 8.97. The van der Waals surface area contributed by atoms with Crippen LogP contribution in [0.15, 0.2) is 102 Å². The van der Waals surface area contributed by atoms with Crippen molar-refractivity contribution in [3.8, 4) is 0 Å². The predicted octanol–water partition coefficient (Wildman–Crippen LogP) is 5.04. The molecule has 2 aromatic carbocycles. The van der Waals surface area contributed by atoms with Gasteiger partial charge in [0, 0.05) is 29.0 Å². The minimum Gasteiger partial charge on any atom is -0.478 e. The summed E-state index contributed by atoms with van der Waals surface area (Å²) < 4.78 is 11.6. The maximum Gasteiger partial charge on any atom is 0.337 e. The molecule has 1 aliphatic rings. The van der Waals surface area contributed by atoms with Crippen molar-refractivity contribution in [2.45, 2.75) is 25.9 Å². The van der Waals surface area contributed by atoms with Crippen LogP contribution in [0.3, 0.4) is 0 Å². The third-order valence-corrected chi connectivity index (χ3v) is 6.20. The minimum absolute atomic E-state index is 0.0460. The van der Waals surface area contributed by atoms with Gasteiger partial charge in [0.25, 0.3) is 0 Å². The molecule has 0 fully saturated rings. The van der Waals surface area contributed by atoms with E-state index < -0.39 is 17.9 Å². The van der Waals surface area contributed by atoms with Crippen LogP contribution in [0.4, 0.5) is 0 Å². The van der Waals surface area contributed by atoms with Gasteiger partial charge in [-0.25, -0.2) is 9.59 Å². The van der Waals surface area contributed by atoms with Crippen LogP contribution < -0.4 is 5.32 Å². The van der Waals surface area contributed by atoms with Crippen molar-refractivity contribution in [1.82, 2.24) is 10.3 Å². The average molecular weight is 519 g/mol. The molecule has 1 atom stereocenters. The van der Waals surface area contributed by atoms with Crippen LogP contribution in [0.5, 0.6) is 0 Å². The van der Waals surface area contributed by atoms with Crippen LogP contribution in [0.1, 0.15) is 29.7 Å². The minimum atomic E-state index is -1.14. The molecule has 190 valence electrons. The highest BCUT2D eigenvalue weighted by Gasteiger charge is 2.38. The number of aromatic nitrogens is 1. The van der Waals surface area contributed by atoms with Gasteiger partial charge in [-0.1, -0.05) is 60.1 Å². The molecule has 1 aromatic heterocycles. The first kappa shape index (κ1) is 26.1. The van der Waals surface area contributed by atoms with Gasteiger partial charge in [0.05, 0.1) is 36.0 Å². The highest BCUT2D eigenvalue weighted by molar-refractivity contribution is 6.30. The second kappa shape index (κ2) is 12.3. The van der Waals surface area contributed by atoms with Gasteiger partial charge in [0.15, 0.2) is 0 Å². The van der Waals surface area contributed by atoms with Crippen LogP contribution in [0.25, 0.3) is 0 Å². The number of aliphatic carboxylic acids is 1. The van der Waals surface area contributed by atoms with Crippen LogP contribution in [-0.2, 0) is 32.1 Å². The number of esters is 1. The molecule has 3 aromatic rings. The summed E-state index contributed by atoms with van der Waals surface area (Å²) in [6, 6.07) is 21.8. The number of carboxylic acids is 1. The Morgan fingerprint density at radius 2 is 1.78 bits per heavy atom. The lowest BCUT2D eigenvalue weighted by molar-refractivity contribution is -0.140. The topological polar surface area (TPSA) is 97.8 Å². The molecule has 0 saturated heterocycles. The number of nitrogens with zero attached hydrogens (tertiary/aromatic N) is 1. The summed E-state index contributed by atoms with van der Waals surface area (Å²) in [6.07, 6.45) is 2.31. The lowest BCUT2D eigenvalue weighted by Crippen LogP contribution is -2.34. The van der Waals surface area contributed by atoms with E-state index in [0.717, 1.165) is 11.3 Å². The number of ether oxygens (including phenoxy) is 2. The molecule has 4 rings (SSSR count). The van der Waals surface area contributed by atoms with Gasteiger partial charge >= 0.3 is 11.9 Å². The van der Waals surface area contributed by atoms with E-state index in [1.807, 2.05) is 48.5 Å². The molecule has 0 aliphatic carbocycles. The van der Waals surface area contributed by atoms with Gasteiger partial charge in [-0.15, -0.1) is 0 Å². The van der Waals surface area contributed by atoms with Crippen LogP contribution >= 0.6 is 11.6 Å². The molecule has 0 bridgehead atoms. The Kier molecular flexibility index (Phi) is 8.72. The second-order valence-electron chi connectivity index (χ2n) is 8.53. The van der Waals surface area contributed by atoms with Gasteiger partial charge in [0.1, 0.15) is 6.61 Å². The zero-order chi connectivity index (χ0) is 26.2. The van der Waals surface area contributed by atoms with E-state index in [4.69, 9.17) is 21.1 Å². The van der Waals surface area contributed by atoms with E-state index in [1.54, 1.807) is 37.4 Å². The number of halogens is 1. The Balaban J connectivity index is 1.66. The summed E-state index contributed by atoms with van der Waals surface area (Å²) >= 11 is 6.25. The lowest BCUT2D eigenvalue weighted by Gasteiger charge is -2.31. The number of allylic oxidation sites excluding steroid dienone is 1. The normalized spacial score (nSPS) is 15.4. The number of hydrogen-bond donors (Lipinski definition) is 2. The van der Waals surface area contributed by atoms with Gasteiger partial charge in [-0.05, 0) is 42.3 Å². The molecular formula is C29H27ClN2O5. The smallest absolute Gasteiger partial charge is 0.337 e. The van der Waals surface area contributed by atoms with Crippen molar-refractivity contribution in [1.29, 1.82) is 0 Å². The Bertz CT molecular complexity index is 1320. The number of nitrogens with one attached hydrogen (secondary N) is 1. The molecule has 2 heterocycles. The molecule has 7 nitrogen and oxygen atoms in total. The molecule has 8 heteroatoms. The van der Waals surface area contributed by atoms with Crippen molar-refractivity contribution >= 4 is 23.5 Å². The SMILES string of the molecule is CC1=C(C(=O)O)C(c2cccc(Cl)c2)C(C(=O)OCc2ccccc2)=C(COCCc2ccccn2)N1. The number of benzene rings is 2. The Morgan fingerprint density at radius 3 is 2.49 bits per heavy atom. The molecule has 0 saturated carbocycles. The summed E-state index contributed by atoms with van der Waals surface area (Å²) in [7, 11) is 0. The van der Waals surface area contributed by atoms with Crippen molar-refractivity contribution in [3.05, 3.63) is 123 Å². The number of rotatable bonds is 10. The van der Waals surface area contributed by atoms with Crippen molar-refractivity contribution < 1.29 is 24.2 Å². The molecule has 0 spiro atoms. The van der Waals surface area contributed by atoms with Crippen molar-refractivity contribution in [3.63, 3.8) is 0 Å². The number of carbonyl (C=O) groups is 2. The van der Waals surface area contributed by atoms with E-state index >= 15 is 0 Å². The third kappa shape index (κ3) is 6.64. The maximum atomic E-state index is 13.5. The van der Waals surface area contributed by atoms with E-state index in [1.165, 1.54) is 0 Å². The Labute approximate surface area is 220 Å². The average Bonchev–Trinajstić information content (AvgIpc) is 2.90. The highest BCUT2D eigenvalue weighted by atomic mass is 35.5. The van der Waals surface area contributed by atoms with Gasteiger partial charge < -0.3 is 19.9 Å². The zero-order valence-corrected chi connectivity index (χ0v) is 21.1. The number of carboxylic acid groups (broad SMARTS) is 1.